The van der Waals surface area contributed by atoms with Gasteiger partial charge in [-0.2, -0.15) is 0 Å². The SMILES string of the molecule is CC(NC1=CC(=O)CCC1)C(=O)O. The summed E-state index contributed by atoms with van der Waals surface area (Å²) in [4.78, 5) is 21.4. The smallest absolute Gasteiger partial charge is 0.325 e. The summed E-state index contributed by atoms with van der Waals surface area (Å²) in [6, 6.07) is -0.628. The molecule has 1 rings (SSSR count). The maximum Gasteiger partial charge on any atom is 0.325 e. The Bertz CT molecular complexity index is 258. The van der Waals surface area contributed by atoms with Crippen molar-refractivity contribution in [2.75, 3.05) is 0 Å². The van der Waals surface area contributed by atoms with E-state index in [0.29, 0.717) is 6.42 Å². The van der Waals surface area contributed by atoms with Gasteiger partial charge in [-0.3, -0.25) is 9.59 Å². The highest BCUT2D eigenvalue weighted by molar-refractivity contribution is 5.91. The zero-order chi connectivity index (χ0) is 9.84. The van der Waals surface area contributed by atoms with Gasteiger partial charge in [-0.15, -0.1) is 0 Å². The van der Waals surface area contributed by atoms with E-state index >= 15 is 0 Å². The summed E-state index contributed by atoms with van der Waals surface area (Å²) in [7, 11) is 0. The molecular weight excluding hydrogens is 170 g/mol. The molecule has 0 aromatic rings. The molecule has 0 saturated carbocycles. The molecule has 0 heterocycles. The summed E-state index contributed by atoms with van der Waals surface area (Å²) in [5, 5.41) is 11.4. The number of hydrogen-bond donors (Lipinski definition) is 2. The van der Waals surface area contributed by atoms with Crippen molar-refractivity contribution in [2.45, 2.75) is 32.2 Å². The van der Waals surface area contributed by atoms with Gasteiger partial charge >= 0.3 is 5.97 Å². The molecule has 0 radical (unpaired) electrons. The first kappa shape index (κ1) is 9.77. The lowest BCUT2D eigenvalue weighted by molar-refractivity contribution is -0.138. The summed E-state index contributed by atoms with van der Waals surface area (Å²) >= 11 is 0. The Morgan fingerprint density at radius 1 is 1.62 bits per heavy atom. The number of ketones is 1. The van der Waals surface area contributed by atoms with Crippen LogP contribution >= 0.6 is 0 Å². The van der Waals surface area contributed by atoms with Crippen LogP contribution in [0.15, 0.2) is 11.8 Å². The zero-order valence-electron chi connectivity index (χ0n) is 7.54. The predicted octanol–water partition coefficient (Wildman–Crippen LogP) is 0.686. The van der Waals surface area contributed by atoms with E-state index < -0.39 is 12.0 Å². The molecule has 1 aliphatic rings. The largest absolute Gasteiger partial charge is 0.480 e. The maximum absolute atomic E-state index is 11.0. The molecule has 0 aliphatic heterocycles. The van der Waals surface area contributed by atoms with Crippen LogP contribution < -0.4 is 5.32 Å². The molecule has 72 valence electrons. The van der Waals surface area contributed by atoms with Crippen molar-refractivity contribution in [1.29, 1.82) is 0 Å². The molecule has 4 heteroatoms. The second-order valence-corrected chi connectivity index (χ2v) is 3.19. The van der Waals surface area contributed by atoms with Gasteiger partial charge in [0.1, 0.15) is 6.04 Å². The Morgan fingerprint density at radius 2 is 2.31 bits per heavy atom. The fraction of sp³-hybridized carbons (Fsp3) is 0.556. The topological polar surface area (TPSA) is 66.4 Å². The Kier molecular flexibility index (Phi) is 3.06. The molecule has 1 aliphatic carbocycles. The van der Waals surface area contributed by atoms with Gasteiger partial charge in [0.25, 0.3) is 0 Å². The van der Waals surface area contributed by atoms with Crippen LogP contribution in [0.3, 0.4) is 0 Å². The summed E-state index contributed by atoms with van der Waals surface area (Å²) in [5.41, 5.74) is 0.742. The first-order valence-corrected chi connectivity index (χ1v) is 4.32. The molecule has 4 nitrogen and oxygen atoms in total. The van der Waals surface area contributed by atoms with Crippen molar-refractivity contribution in [2.24, 2.45) is 0 Å². The third-order valence-corrected chi connectivity index (χ3v) is 1.98. The summed E-state index contributed by atoms with van der Waals surface area (Å²) < 4.78 is 0. The van der Waals surface area contributed by atoms with Gasteiger partial charge < -0.3 is 10.4 Å². The molecule has 0 aromatic carbocycles. The van der Waals surface area contributed by atoms with Crippen molar-refractivity contribution >= 4 is 11.8 Å². The Morgan fingerprint density at radius 3 is 2.85 bits per heavy atom. The van der Waals surface area contributed by atoms with E-state index in [-0.39, 0.29) is 5.78 Å². The van der Waals surface area contributed by atoms with Crippen LogP contribution in [0.5, 0.6) is 0 Å². The fourth-order valence-corrected chi connectivity index (χ4v) is 1.25. The van der Waals surface area contributed by atoms with E-state index in [0.717, 1.165) is 18.5 Å². The van der Waals surface area contributed by atoms with Gasteiger partial charge in [0.15, 0.2) is 5.78 Å². The predicted molar refractivity (Wildman–Crippen MR) is 47.2 cm³/mol. The summed E-state index contributed by atoms with van der Waals surface area (Å²) in [6.07, 6.45) is 3.66. The summed E-state index contributed by atoms with van der Waals surface area (Å²) in [5.74, 6) is -0.828. The monoisotopic (exact) mass is 183 g/mol. The number of nitrogens with one attached hydrogen (secondary N) is 1. The van der Waals surface area contributed by atoms with Crippen LogP contribution in [0.2, 0.25) is 0 Å². The molecule has 1 unspecified atom stereocenters. The van der Waals surface area contributed by atoms with Crippen LogP contribution in [0.1, 0.15) is 26.2 Å². The minimum absolute atomic E-state index is 0.0753. The highest BCUT2D eigenvalue weighted by atomic mass is 16.4. The molecule has 2 N–H and O–H groups in total. The fourth-order valence-electron chi connectivity index (χ4n) is 1.25. The van der Waals surface area contributed by atoms with E-state index in [2.05, 4.69) is 5.32 Å². The number of hydrogen-bond acceptors (Lipinski definition) is 3. The van der Waals surface area contributed by atoms with Crippen molar-refractivity contribution in [3.05, 3.63) is 11.8 Å². The number of aliphatic carboxylic acids is 1. The number of carbonyl (C=O) groups is 2. The Labute approximate surface area is 76.6 Å². The molecule has 0 bridgehead atoms. The van der Waals surface area contributed by atoms with E-state index in [4.69, 9.17) is 5.11 Å². The van der Waals surface area contributed by atoms with Gasteiger partial charge in [0, 0.05) is 18.2 Å². The van der Waals surface area contributed by atoms with Crippen LogP contribution in [0, 0.1) is 0 Å². The lowest BCUT2D eigenvalue weighted by atomic mass is 10.0. The molecule has 0 aromatic heterocycles. The molecular formula is C9H13NO3. The Hall–Kier alpha value is -1.32. The highest BCUT2D eigenvalue weighted by Gasteiger charge is 2.15. The zero-order valence-corrected chi connectivity index (χ0v) is 7.54. The molecule has 0 spiro atoms. The highest BCUT2D eigenvalue weighted by Crippen LogP contribution is 2.12. The van der Waals surface area contributed by atoms with Gasteiger partial charge in [-0.25, -0.2) is 0 Å². The average molecular weight is 183 g/mol. The van der Waals surface area contributed by atoms with E-state index in [9.17, 15) is 9.59 Å². The second-order valence-electron chi connectivity index (χ2n) is 3.19. The van der Waals surface area contributed by atoms with Gasteiger partial charge in [0.2, 0.25) is 0 Å². The molecule has 1 atom stereocenters. The number of carboxylic acid groups (broad SMARTS) is 1. The quantitative estimate of drug-likeness (QED) is 0.675. The molecule has 0 saturated heterocycles. The number of carbonyl (C=O) groups excluding carboxylic acids is 1. The molecule has 0 amide bonds. The van der Waals surface area contributed by atoms with Crippen molar-refractivity contribution in [3.8, 4) is 0 Å². The summed E-state index contributed by atoms with van der Waals surface area (Å²) in [6.45, 7) is 1.56. The number of allylic oxidation sites excluding steroid dienone is 2. The maximum atomic E-state index is 11.0. The second kappa shape index (κ2) is 4.07. The Balaban J connectivity index is 2.53. The minimum atomic E-state index is -0.904. The normalized spacial score (nSPS) is 19.2. The van der Waals surface area contributed by atoms with Crippen LogP contribution in [-0.4, -0.2) is 22.9 Å². The van der Waals surface area contributed by atoms with Gasteiger partial charge in [-0.05, 0) is 19.8 Å². The standard InChI is InChI=1S/C9H13NO3/c1-6(9(12)13)10-7-3-2-4-8(11)5-7/h5-6,10H,2-4H2,1H3,(H,12,13). The van der Waals surface area contributed by atoms with Crippen LogP contribution in [0.4, 0.5) is 0 Å². The van der Waals surface area contributed by atoms with E-state index in [1.54, 1.807) is 6.92 Å². The minimum Gasteiger partial charge on any atom is -0.480 e. The first-order chi connectivity index (χ1) is 6.09. The van der Waals surface area contributed by atoms with Crippen molar-refractivity contribution in [1.82, 2.24) is 5.32 Å². The third-order valence-electron chi connectivity index (χ3n) is 1.98. The van der Waals surface area contributed by atoms with Gasteiger partial charge in [0.05, 0.1) is 0 Å². The van der Waals surface area contributed by atoms with Crippen molar-refractivity contribution in [3.63, 3.8) is 0 Å². The lowest BCUT2D eigenvalue weighted by Crippen LogP contribution is -2.34. The van der Waals surface area contributed by atoms with E-state index in [1.165, 1.54) is 6.08 Å². The van der Waals surface area contributed by atoms with Crippen LogP contribution in [0.25, 0.3) is 0 Å². The third kappa shape index (κ3) is 2.89. The van der Waals surface area contributed by atoms with Crippen LogP contribution in [-0.2, 0) is 9.59 Å². The van der Waals surface area contributed by atoms with Gasteiger partial charge in [-0.1, -0.05) is 0 Å². The number of carboxylic acids is 1. The first-order valence-electron chi connectivity index (χ1n) is 4.32. The average Bonchev–Trinajstić information content (AvgIpc) is 2.04. The van der Waals surface area contributed by atoms with E-state index in [1.807, 2.05) is 0 Å². The van der Waals surface area contributed by atoms with Crippen molar-refractivity contribution < 1.29 is 14.7 Å². The lowest BCUT2D eigenvalue weighted by Gasteiger charge is -2.16. The number of rotatable bonds is 3. The molecule has 13 heavy (non-hydrogen) atoms. The molecule has 0 fully saturated rings.